The highest BCUT2D eigenvalue weighted by molar-refractivity contribution is 6.31. The number of nitrogens with zero attached hydrogens (tertiary/aromatic N) is 2. The summed E-state index contributed by atoms with van der Waals surface area (Å²) in [5, 5.41) is 4.84. The van der Waals surface area contributed by atoms with Crippen LogP contribution in [0.4, 0.5) is 5.95 Å². The predicted molar refractivity (Wildman–Crippen MR) is 81.8 cm³/mol. The molecule has 1 atom stereocenters. The number of nitrogens with one attached hydrogen (secondary N) is 1. The van der Waals surface area contributed by atoms with Gasteiger partial charge in [-0.3, -0.25) is 0 Å². The first-order chi connectivity index (χ1) is 10.2. The van der Waals surface area contributed by atoms with Crippen LogP contribution in [0.2, 0.25) is 5.02 Å². The first kappa shape index (κ1) is 13.7. The molecule has 21 heavy (non-hydrogen) atoms. The zero-order valence-corrected chi connectivity index (χ0v) is 12.4. The molecule has 1 unspecified atom stereocenters. The summed E-state index contributed by atoms with van der Waals surface area (Å²) in [5.74, 6) is 1.79. The third-order valence-electron chi connectivity index (χ3n) is 3.11. The van der Waals surface area contributed by atoms with E-state index in [0.29, 0.717) is 16.9 Å². The number of halogens is 1. The van der Waals surface area contributed by atoms with E-state index in [9.17, 15) is 0 Å². The molecular formula is C15H14ClN3O2. The maximum atomic E-state index is 5.98. The van der Waals surface area contributed by atoms with Crippen molar-refractivity contribution in [1.29, 1.82) is 0 Å². The molecule has 1 aromatic carbocycles. The molecule has 1 N–H and O–H groups in total. The monoisotopic (exact) mass is 303 g/mol. The summed E-state index contributed by atoms with van der Waals surface area (Å²) in [7, 11) is 1.57. The number of benzene rings is 1. The van der Waals surface area contributed by atoms with Gasteiger partial charge in [-0.1, -0.05) is 11.6 Å². The Balaban J connectivity index is 1.84. The third kappa shape index (κ3) is 2.92. The van der Waals surface area contributed by atoms with E-state index in [1.807, 2.05) is 25.1 Å². The van der Waals surface area contributed by atoms with Crippen LogP contribution < -0.4 is 10.1 Å². The molecular weight excluding hydrogens is 290 g/mol. The highest BCUT2D eigenvalue weighted by Gasteiger charge is 2.13. The normalized spacial score (nSPS) is 12.3. The number of hydrogen-bond donors (Lipinski definition) is 1. The van der Waals surface area contributed by atoms with Crippen molar-refractivity contribution in [3.05, 3.63) is 47.3 Å². The van der Waals surface area contributed by atoms with Crippen molar-refractivity contribution in [2.75, 3.05) is 12.4 Å². The molecule has 3 aromatic rings. The van der Waals surface area contributed by atoms with Gasteiger partial charge in [0.15, 0.2) is 0 Å². The Morgan fingerprint density at radius 2 is 2.14 bits per heavy atom. The van der Waals surface area contributed by atoms with Gasteiger partial charge in [0.1, 0.15) is 11.3 Å². The van der Waals surface area contributed by atoms with E-state index in [2.05, 4.69) is 15.3 Å². The minimum atomic E-state index is -0.0803. The van der Waals surface area contributed by atoms with Crippen molar-refractivity contribution in [2.24, 2.45) is 0 Å². The summed E-state index contributed by atoms with van der Waals surface area (Å²) in [6.45, 7) is 1.97. The fraction of sp³-hybridized carbons (Fsp3) is 0.200. The zero-order chi connectivity index (χ0) is 14.8. The summed E-state index contributed by atoms with van der Waals surface area (Å²) < 4.78 is 10.9. The van der Waals surface area contributed by atoms with Crippen molar-refractivity contribution < 1.29 is 9.15 Å². The molecule has 2 aromatic heterocycles. The second kappa shape index (κ2) is 5.61. The van der Waals surface area contributed by atoms with E-state index >= 15 is 0 Å². The second-order valence-electron chi connectivity index (χ2n) is 4.62. The Labute approximate surface area is 126 Å². The van der Waals surface area contributed by atoms with Crippen LogP contribution in [0.15, 0.2) is 40.9 Å². The van der Waals surface area contributed by atoms with Gasteiger partial charge in [0.2, 0.25) is 11.8 Å². The number of fused-ring (bicyclic) bond motifs is 1. The van der Waals surface area contributed by atoms with Crippen LogP contribution in [-0.2, 0) is 0 Å². The highest BCUT2D eigenvalue weighted by Crippen LogP contribution is 2.27. The summed E-state index contributed by atoms with van der Waals surface area (Å²) in [6.07, 6.45) is 1.64. The van der Waals surface area contributed by atoms with Crippen LogP contribution in [0, 0.1) is 0 Å². The maximum absolute atomic E-state index is 5.98. The highest BCUT2D eigenvalue weighted by atomic mass is 35.5. The average Bonchev–Trinajstić information content (AvgIpc) is 2.90. The molecule has 2 heterocycles. The molecule has 0 spiro atoms. The predicted octanol–water partition coefficient (Wildman–Crippen LogP) is 4.06. The molecule has 0 aliphatic carbocycles. The number of hydrogen-bond acceptors (Lipinski definition) is 5. The lowest BCUT2D eigenvalue weighted by Crippen LogP contribution is -2.08. The molecule has 0 saturated carbocycles. The average molecular weight is 304 g/mol. The minimum absolute atomic E-state index is 0.0803. The molecule has 0 aliphatic rings. The Bertz CT molecular complexity index is 772. The third-order valence-corrected chi connectivity index (χ3v) is 3.34. The van der Waals surface area contributed by atoms with Crippen LogP contribution in [-0.4, -0.2) is 17.1 Å². The van der Waals surface area contributed by atoms with Crippen LogP contribution in [0.25, 0.3) is 11.0 Å². The largest absolute Gasteiger partial charge is 0.481 e. The van der Waals surface area contributed by atoms with Crippen molar-refractivity contribution >= 4 is 28.5 Å². The van der Waals surface area contributed by atoms with Crippen LogP contribution in [0.5, 0.6) is 5.88 Å². The molecule has 108 valence electrons. The van der Waals surface area contributed by atoms with E-state index in [-0.39, 0.29) is 6.04 Å². The standard InChI is InChI=1S/C15H14ClN3O2/c1-9(18-15-17-6-5-14(19-15)20-2)13-8-10-7-11(16)3-4-12(10)21-13/h3-9H,1-2H3,(H,17,18,19). The SMILES string of the molecule is COc1ccnc(NC(C)c2cc3cc(Cl)ccc3o2)n1. The number of aromatic nitrogens is 2. The van der Waals surface area contributed by atoms with Crippen LogP contribution in [0.3, 0.4) is 0 Å². The molecule has 5 nitrogen and oxygen atoms in total. The Morgan fingerprint density at radius 1 is 1.29 bits per heavy atom. The number of rotatable bonds is 4. The van der Waals surface area contributed by atoms with Gasteiger partial charge in [-0.15, -0.1) is 0 Å². The van der Waals surface area contributed by atoms with E-state index in [4.69, 9.17) is 20.8 Å². The first-order valence-electron chi connectivity index (χ1n) is 6.48. The summed E-state index contributed by atoms with van der Waals surface area (Å²) in [4.78, 5) is 8.37. The van der Waals surface area contributed by atoms with Gasteiger partial charge in [-0.25, -0.2) is 4.98 Å². The van der Waals surface area contributed by atoms with E-state index in [1.54, 1.807) is 25.4 Å². The lowest BCUT2D eigenvalue weighted by molar-refractivity contribution is 0.397. The molecule has 6 heteroatoms. The van der Waals surface area contributed by atoms with Crippen molar-refractivity contribution in [1.82, 2.24) is 9.97 Å². The van der Waals surface area contributed by atoms with E-state index in [1.165, 1.54) is 0 Å². The topological polar surface area (TPSA) is 60.2 Å². The fourth-order valence-electron chi connectivity index (χ4n) is 2.04. The Morgan fingerprint density at radius 3 is 2.95 bits per heavy atom. The molecule has 0 aliphatic heterocycles. The van der Waals surface area contributed by atoms with Gasteiger partial charge in [-0.2, -0.15) is 4.98 Å². The molecule has 0 bridgehead atoms. The van der Waals surface area contributed by atoms with E-state index < -0.39 is 0 Å². The Kier molecular flexibility index (Phi) is 3.66. The second-order valence-corrected chi connectivity index (χ2v) is 5.06. The molecule has 0 radical (unpaired) electrons. The summed E-state index contributed by atoms with van der Waals surface area (Å²) in [6, 6.07) is 9.11. The number of ether oxygens (including phenoxy) is 1. The van der Waals surface area contributed by atoms with Gasteiger partial charge in [0, 0.05) is 22.7 Å². The lowest BCUT2D eigenvalue weighted by Gasteiger charge is -2.11. The van der Waals surface area contributed by atoms with Gasteiger partial charge in [0.25, 0.3) is 0 Å². The van der Waals surface area contributed by atoms with E-state index in [0.717, 1.165) is 16.7 Å². The van der Waals surface area contributed by atoms with Crippen molar-refractivity contribution in [3.63, 3.8) is 0 Å². The van der Waals surface area contributed by atoms with Crippen LogP contribution >= 0.6 is 11.6 Å². The molecule has 3 rings (SSSR count). The quantitative estimate of drug-likeness (QED) is 0.787. The van der Waals surface area contributed by atoms with Gasteiger partial charge >= 0.3 is 0 Å². The number of methoxy groups -OCH3 is 1. The fourth-order valence-corrected chi connectivity index (χ4v) is 2.22. The number of anilines is 1. The summed E-state index contributed by atoms with van der Waals surface area (Å²) >= 11 is 5.98. The number of furan rings is 1. The minimum Gasteiger partial charge on any atom is -0.481 e. The molecule has 0 saturated heterocycles. The molecule has 0 amide bonds. The molecule has 0 fully saturated rings. The smallest absolute Gasteiger partial charge is 0.226 e. The van der Waals surface area contributed by atoms with Crippen molar-refractivity contribution in [3.8, 4) is 5.88 Å². The first-order valence-corrected chi connectivity index (χ1v) is 6.86. The van der Waals surface area contributed by atoms with Gasteiger partial charge in [-0.05, 0) is 31.2 Å². The summed E-state index contributed by atoms with van der Waals surface area (Å²) in [5.41, 5.74) is 0.801. The lowest BCUT2D eigenvalue weighted by atomic mass is 10.2. The zero-order valence-electron chi connectivity index (χ0n) is 11.6. The van der Waals surface area contributed by atoms with Gasteiger partial charge < -0.3 is 14.5 Å². The Hall–Kier alpha value is -2.27. The van der Waals surface area contributed by atoms with Gasteiger partial charge in [0.05, 0.1) is 13.2 Å². The van der Waals surface area contributed by atoms with Crippen LogP contribution in [0.1, 0.15) is 18.7 Å². The maximum Gasteiger partial charge on any atom is 0.226 e. The van der Waals surface area contributed by atoms with Crippen molar-refractivity contribution in [2.45, 2.75) is 13.0 Å².